The predicted molar refractivity (Wildman–Crippen MR) is 74.6 cm³/mol. The van der Waals surface area contributed by atoms with E-state index in [1.807, 2.05) is 29.2 Å². The number of ether oxygens (including phenoxy) is 1. The van der Waals surface area contributed by atoms with Gasteiger partial charge in [-0.2, -0.15) is 0 Å². The van der Waals surface area contributed by atoms with Crippen LogP contribution in [0.15, 0.2) is 40.4 Å². The summed E-state index contributed by atoms with van der Waals surface area (Å²) in [5.74, 6) is 0.0928. The number of hydrogen-bond acceptors (Lipinski definition) is 2. The fourth-order valence-corrected chi connectivity index (χ4v) is 2.25. The van der Waals surface area contributed by atoms with E-state index in [1.165, 1.54) is 5.57 Å². The molecule has 3 nitrogen and oxygen atoms in total. The largest absolute Gasteiger partial charge is 0.380 e. The maximum Gasteiger partial charge on any atom is 0.254 e. The molecule has 0 radical (unpaired) electrons. The number of amides is 1. The molecule has 1 aromatic rings. The van der Waals surface area contributed by atoms with Crippen LogP contribution >= 0.6 is 15.9 Å². The summed E-state index contributed by atoms with van der Waals surface area (Å²) < 4.78 is 6.08. The van der Waals surface area contributed by atoms with Crippen molar-refractivity contribution in [2.24, 2.45) is 0 Å². The van der Waals surface area contributed by atoms with Crippen molar-refractivity contribution < 1.29 is 9.53 Å². The third kappa shape index (κ3) is 3.21. The molecule has 0 saturated carbocycles. The minimum atomic E-state index is 0.0928. The first kappa shape index (κ1) is 13.3. The summed E-state index contributed by atoms with van der Waals surface area (Å²) in [5, 5.41) is 0. The van der Waals surface area contributed by atoms with E-state index in [2.05, 4.69) is 22.0 Å². The Hall–Kier alpha value is -1.13. The Balaban J connectivity index is 2.01. The van der Waals surface area contributed by atoms with Crippen LogP contribution in [0.25, 0.3) is 0 Å². The normalized spacial score (nSPS) is 15.4. The molecule has 18 heavy (non-hydrogen) atoms. The van der Waals surface area contributed by atoms with Crippen LogP contribution in [-0.4, -0.2) is 37.6 Å². The van der Waals surface area contributed by atoms with Crippen molar-refractivity contribution >= 4 is 21.8 Å². The van der Waals surface area contributed by atoms with E-state index in [9.17, 15) is 4.79 Å². The van der Waals surface area contributed by atoms with Gasteiger partial charge in [0.25, 0.3) is 5.91 Å². The van der Waals surface area contributed by atoms with Crippen molar-refractivity contribution in [2.45, 2.75) is 6.42 Å². The summed E-state index contributed by atoms with van der Waals surface area (Å²) in [7, 11) is 1.69. The lowest BCUT2D eigenvalue weighted by Gasteiger charge is -2.26. The number of carbonyl (C=O) groups is 1. The van der Waals surface area contributed by atoms with Gasteiger partial charge in [-0.05, 0) is 36.3 Å². The molecular weight excluding hydrogens is 294 g/mol. The molecule has 1 heterocycles. The Labute approximate surface area is 116 Å². The number of rotatable bonds is 3. The molecule has 1 aliphatic rings. The average molecular weight is 310 g/mol. The quantitative estimate of drug-likeness (QED) is 0.804. The van der Waals surface area contributed by atoms with Gasteiger partial charge in [-0.3, -0.25) is 4.79 Å². The molecule has 0 saturated heterocycles. The van der Waals surface area contributed by atoms with Crippen molar-refractivity contribution in [3.8, 4) is 0 Å². The zero-order valence-electron chi connectivity index (χ0n) is 10.4. The van der Waals surface area contributed by atoms with E-state index in [4.69, 9.17) is 4.74 Å². The fourth-order valence-electron chi connectivity index (χ4n) is 1.99. The van der Waals surface area contributed by atoms with Crippen LogP contribution in [0.2, 0.25) is 0 Å². The topological polar surface area (TPSA) is 29.5 Å². The lowest BCUT2D eigenvalue weighted by molar-refractivity contribution is 0.0765. The van der Waals surface area contributed by atoms with Gasteiger partial charge in [-0.15, -0.1) is 0 Å². The van der Waals surface area contributed by atoms with Crippen LogP contribution < -0.4 is 0 Å². The Morgan fingerprint density at radius 2 is 2.11 bits per heavy atom. The Bertz CT molecular complexity index is 453. The number of nitrogens with zero attached hydrogens (tertiary/aromatic N) is 1. The minimum absolute atomic E-state index is 0.0928. The van der Waals surface area contributed by atoms with Gasteiger partial charge in [0.1, 0.15) is 0 Å². The van der Waals surface area contributed by atoms with Crippen molar-refractivity contribution in [3.05, 3.63) is 46.0 Å². The summed E-state index contributed by atoms with van der Waals surface area (Å²) in [6, 6.07) is 7.48. The second-order valence-electron chi connectivity index (χ2n) is 4.30. The average Bonchev–Trinajstić information content (AvgIpc) is 2.40. The monoisotopic (exact) mass is 309 g/mol. The lowest BCUT2D eigenvalue weighted by atomic mass is 10.1. The fraction of sp³-hybridized carbons (Fsp3) is 0.357. The SMILES string of the molecule is COCC1=CCN(C(=O)c2ccc(Br)cc2)CC1. The molecule has 1 amide bonds. The maximum absolute atomic E-state index is 12.2. The van der Waals surface area contributed by atoms with Gasteiger partial charge in [0.2, 0.25) is 0 Å². The second kappa shape index (κ2) is 6.16. The standard InChI is InChI=1S/C14H16BrNO2/c1-18-10-11-6-8-16(9-7-11)14(17)12-2-4-13(15)5-3-12/h2-6H,7-10H2,1H3. The minimum Gasteiger partial charge on any atom is -0.380 e. The highest BCUT2D eigenvalue weighted by molar-refractivity contribution is 9.10. The second-order valence-corrected chi connectivity index (χ2v) is 5.22. The van der Waals surface area contributed by atoms with Gasteiger partial charge in [-0.25, -0.2) is 0 Å². The molecule has 0 N–H and O–H groups in total. The van der Waals surface area contributed by atoms with Crippen molar-refractivity contribution in [3.63, 3.8) is 0 Å². The molecule has 4 heteroatoms. The first-order valence-electron chi connectivity index (χ1n) is 5.92. The van der Waals surface area contributed by atoms with Crippen LogP contribution in [-0.2, 0) is 4.74 Å². The van der Waals surface area contributed by atoms with Crippen LogP contribution in [0.3, 0.4) is 0 Å². The van der Waals surface area contributed by atoms with Gasteiger partial charge in [-0.1, -0.05) is 22.0 Å². The van der Waals surface area contributed by atoms with Crippen LogP contribution in [0.1, 0.15) is 16.8 Å². The molecule has 0 bridgehead atoms. The molecule has 0 spiro atoms. The zero-order chi connectivity index (χ0) is 13.0. The summed E-state index contributed by atoms with van der Waals surface area (Å²) in [4.78, 5) is 14.1. The number of hydrogen-bond donors (Lipinski definition) is 0. The van der Waals surface area contributed by atoms with Crippen molar-refractivity contribution in [1.29, 1.82) is 0 Å². The van der Waals surface area contributed by atoms with Gasteiger partial charge >= 0.3 is 0 Å². The maximum atomic E-state index is 12.2. The molecule has 1 aromatic carbocycles. The first-order chi connectivity index (χ1) is 8.70. The van der Waals surface area contributed by atoms with Gasteiger partial charge in [0, 0.05) is 30.2 Å². The third-order valence-corrected chi connectivity index (χ3v) is 3.54. The van der Waals surface area contributed by atoms with Crippen molar-refractivity contribution in [2.75, 3.05) is 26.8 Å². The molecule has 0 aromatic heterocycles. The van der Waals surface area contributed by atoms with Gasteiger partial charge in [0.15, 0.2) is 0 Å². The van der Waals surface area contributed by atoms with E-state index >= 15 is 0 Å². The first-order valence-corrected chi connectivity index (χ1v) is 6.71. The van der Waals surface area contributed by atoms with Crippen LogP contribution in [0.5, 0.6) is 0 Å². The van der Waals surface area contributed by atoms with Crippen molar-refractivity contribution in [1.82, 2.24) is 4.90 Å². The lowest BCUT2D eigenvalue weighted by Crippen LogP contribution is -2.35. The van der Waals surface area contributed by atoms with Gasteiger partial charge < -0.3 is 9.64 Å². The summed E-state index contributed by atoms with van der Waals surface area (Å²) in [6.45, 7) is 2.11. The number of benzene rings is 1. The Morgan fingerprint density at radius 3 is 2.67 bits per heavy atom. The molecular formula is C14H16BrNO2. The zero-order valence-corrected chi connectivity index (χ0v) is 11.9. The van der Waals surface area contributed by atoms with Gasteiger partial charge in [0.05, 0.1) is 6.61 Å². The third-order valence-electron chi connectivity index (χ3n) is 3.01. The number of methoxy groups -OCH3 is 1. The van der Waals surface area contributed by atoms with E-state index in [0.29, 0.717) is 13.2 Å². The summed E-state index contributed by atoms with van der Waals surface area (Å²) in [5.41, 5.74) is 2.01. The highest BCUT2D eigenvalue weighted by Crippen LogP contribution is 2.16. The molecule has 2 rings (SSSR count). The predicted octanol–water partition coefficient (Wildman–Crippen LogP) is 2.87. The number of halogens is 1. The molecule has 96 valence electrons. The summed E-state index contributed by atoms with van der Waals surface area (Å²) in [6.07, 6.45) is 2.99. The molecule has 0 unspecified atom stereocenters. The molecule has 1 aliphatic heterocycles. The molecule has 0 atom stereocenters. The van der Waals surface area contributed by atoms with E-state index in [-0.39, 0.29) is 5.91 Å². The highest BCUT2D eigenvalue weighted by atomic mass is 79.9. The smallest absolute Gasteiger partial charge is 0.254 e. The van der Waals surface area contributed by atoms with Crippen LogP contribution in [0.4, 0.5) is 0 Å². The van der Waals surface area contributed by atoms with E-state index in [1.54, 1.807) is 7.11 Å². The number of carbonyl (C=O) groups excluding carboxylic acids is 1. The van der Waals surface area contributed by atoms with E-state index < -0.39 is 0 Å². The summed E-state index contributed by atoms with van der Waals surface area (Å²) >= 11 is 3.37. The molecule has 0 fully saturated rings. The molecule has 0 aliphatic carbocycles. The van der Waals surface area contributed by atoms with E-state index in [0.717, 1.165) is 23.0 Å². The van der Waals surface area contributed by atoms with Crippen LogP contribution in [0, 0.1) is 0 Å². The Kier molecular flexibility index (Phi) is 4.55. The Morgan fingerprint density at radius 1 is 1.39 bits per heavy atom. The highest BCUT2D eigenvalue weighted by Gasteiger charge is 2.18.